The van der Waals surface area contributed by atoms with Gasteiger partial charge in [-0.25, -0.2) is 15.0 Å². The molecule has 0 fully saturated rings. The maximum absolute atomic E-state index is 11.4. The van der Waals surface area contributed by atoms with Crippen molar-refractivity contribution in [3.8, 4) is 11.3 Å². The van der Waals surface area contributed by atoms with Crippen molar-refractivity contribution in [3.05, 3.63) is 24.9 Å². The highest BCUT2D eigenvalue weighted by molar-refractivity contribution is 8.00. The maximum atomic E-state index is 11.4. The summed E-state index contributed by atoms with van der Waals surface area (Å²) in [5.74, 6) is 0.555. The number of hydrogen-bond acceptors (Lipinski definition) is 5. The first-order chi connectivity index (χ1) is 7.34. The van der Waals surface area contributed by atoms with Crippen molar-refractivity contribution in [2.45, 2.75) is 5.16 Å². The molecule has 1 aliphatic heterocycles. The van der Waals surface area contributed by atoms with Crippen molar-refractivity contribution in [3.63, 3.8) is 0 Å². The molecule has 0 aromatic carbocycles. The van der Waals surface area contributed by atoms with Crippen molar-refractivity contribution in [1.82, 2.24) is 19.5 Å². The second kappa shape index (κ2) is 3.16. The Morgan fingerprint density at radius 1 is 1.33 bits per heavy atom. The van der Waals surface area contributed by atoms with Crippen molar-refractivity contribution in [2.75, 3.05) is 5.75 Å². The highest BCUT2D eigenvalue weighted by atomic mass is 32.2. The smallest absolute Gasteiger partial charge is 0.243 e. The first-order valence-corrected chi connectivity index (χ1v) is 5.34. The molecule has 0 atom stereocenters. The van der Waals surface area contributed by atoms with E-state index < -0.39 is 0 Å². The minimum atomic E-state index is 0.0746. The molecular weight excluding hydrogens is 212 g/mol. The number of fused-ring (bicyclic) bond motifs is 1. The fraction of sp³-hybridized carbons (Fsp3) is 0.111. The number of carbonyl (C=O) groups is 1. The zero-order valence-corrected chi connectivity index (χ0v) is 8.44. The summed E-state index contributed by atoms with van der Waals surface area (Å²) in [6.07, 6.45) is 6.56. The molecular formula is C9H6N4OS. The van der Waals surface area contributed by atoms with Gasteiger partial charge in [0.1, 0.15) is 6.33 Å². The molecule has 1 aliphatic rings. The summed E-state index contributed by atoms with van der Waals surface area (Å²) < 4.78 is 1.58. The Morgan fingerprint density at radius 2 is 2.13 bits per heavy atom. The van der Waals surface area contributed by atoms with Gasteiger partial charge < -0.3 is 0 Å². The van der Waals surface area contributed by atoms with E-state index in [0.29, 0.717) is 5.75 Å². The van der Waals surface area contributed by atoms with E-state index in [1.807, 2.05) is 0 Å². The molecule has 0 aliphatic carbocycles. The van der Waals surface area contributed by atoms with Gasteiger partial charge in [0.25, 0.3) is 0 Å². The zero-order chi connectivity index (χ0) is 10.3. The van der Waals surface area contributed by atoms with Gasteiger partial charge in [-0.1, -0.05) is 11.8 Å². The Hall–Kier alpha value is -1.69. The standard InChI is InChI=1S/C9H6N4OS/c14-8-4-15-9-12-7(3-13(8)9)6-1-10-5-11-2-6/h1-3,5H,4H2. The van der Waals surface area contributed by atoms with E-state index >= 15 is 0 Å². The highest BCUT2D eigenvalue weighted by Gasteiger charge is 2.22. The Balaban J connectivity index is 2.09. The number of nitrogens with zero attached hydrogens (tertiary/aromatic N) is 4. The van der Waals surface area contributed by atoms with Crippen LogP contribution in [0.5, 0.6) is 0 Å². The summed E-state index contributed by atoms with van der Waals surface area (Å²) in [7, 11) is 0. The van der Waals surface area contributed by atoms with Crippen LogP contribution in [0.25, 0.3) is 11.3 Å². The van der Waals surface area contributed by atoms with E-state index in [1.165, 1.54) is 18.1 Å². The molecule has 6 heteroatoms. The molecule has 0 N–H and O–H groups in total. The molecule has 5 nitrogen and oxygen atoms in total. The monoisotopic (exact) mass is 218 g/mol. The van der Waals surface area contributed by atoms with Gasteiger partial charge in [0.15, 0.2) is 5.16 Å². The number of thioether (sulfide) groups is 1. The van der Waals surface area contributed by atoms with E-state index in [4.69, 9.17) is 0 Å². The first-order valence-electron chi connectivity index (χ1n) is 4.35. The summed E-state index contributed by atoms with van der Waals surface area (Å²) in [5, 5.41) is 0.749. The lowest BCUT2D eigenvalue weighted by atomic mass is 10.3. The number of hydrogen-bond donors (Lipinski definition) is 0. The van der Waals surface area contributed by atoms with Gasteiger partial charge in [0, 0.05) is 24.2 Å². The van der Waals surface area contributed by atoms with Crippen LogP contribution in [0.4, 0.5) is 0 Å². The van der Waals surface area contributed by atoms with E-state index in [1.54, 1.807) is 23.2 Å². The molecule has 0 bridgehead atoms. The number of rotatable bonds is 1. The van der Waals surface area contributed by atoms with Gasteiger partial charge in [-0.2, -0.15) is 0 Å². The van der Waals surface area contributed by atoms with E-state index in [2.05, 4.69) is 15.0 Å². The minimum absolute atomic E-state index is 0.0746. The Morgan fingerprint density at radius 3 is 2.87 bits per heavy atom. The highest BCUT2D eigenvalue weighted by Crippen LogP contribution is 2.28. The fourth-order valence-corrected chi connectivity index (χ4v) is 2.26. The normalized spacial score (nSPS) is 14.3. The summed E-state index contributed by atoms with van der Waals surface area (Å²) >= 11 is 1.45. The van der Waals surface area contributed by atoms with Gasteiger partial charge >= 0.3 is 0 Å². The number of imidazole rings is 1. The average molecular weight is 218 g/mol. The zero-order valence-electron chi connectivity index (χ0n) is 7.62. The second-order valence-corrected chi connectivity index (χ2v) is 4.03. The number of aromatic nitrogens is 4. The van der Waals surface area contributed by atoms with Crippen LogP contribution >= 0.6 is 11.8 Å². The molecule has 15 heavy (non-hydrogen) atoms. The van der Waals surface area contributed by atoms with Crippen molar-refractivity contribution < 1.29 is 4.79 Å². The molecule has 3 rings (SSSR count). The first kappa shape index (κ1) is 8.60. The lowest BCUT2D eigenvalue weighted by Gasteiger charge is -1.93. The topological polar surface area (TPSA) is 60.7 Å². The maximum Gasteiger partial charge on any atom is 0.243 e. The van der Waals surface area contributed by atoms with Gasteiger partial charge in [-0.3, -0.25) is 9.36 Å². The van der Waals surface area contributed by atoms with Crippen molar-refractivity contribution in [2.24, 2.45) is 0 Å². The van der Waals surface area contributed by atoms with Crippen LogP contribution in [0.3, 0.4) is 0 Å². The van der Waals surface area contributed by atoms with Gasteiger partial charge in [-0.15, -0.1) is 0 Å². The Labute approximate surface area is 89.6 Å². The van der Waals surface area contributed by atoms with E-state index in [-0.39, 0.29) is 5.91 Å². The minimum Gasteiger partial charge on any atom is -0.273 e. The second-order valence-electron chi connectivity index (χ2n) is 3.09. The van der Waals surface area contributed by atoms with E-state index in [0.717, 1.165) is 16.4 Å². The van der Waals surface area contributed by atoms with Crippen LogP contribution in [0.1, 0.15) is 4.79 Å². The third kappa shape index (κ3) is 1.33. The van der Waals surface area contributed by atoms with Gasteiger partial charge in [0.2, 0.25) is 5.91 Å². The predicted octanol–water partition coefficient (Wildman–Crippen LogP) is 1.09. The lowest BCUT2D eigenvalue weighted by molar-refractivity contribution is 0.0939. The van der Waals surface area contributed by atoms with Crippen LogP contribution in [-0.2, 0) is 0 Å². The predicted molar refractivity (Wildman–Crippen MR) is 54.6 cm³/mol. The van der Waals surface area contributed by atoms with Crippen LogP contribution in [0.2, 0.25) is 0 Å². The molecule has 0 amide bonds. The summed E-state index contributed by atoms with van der Waals surface area (Å²) in [5.41, 5.74) is 1.57. The lowest BCUT2D eigenvalue weighted by Crippen LogP contribution is -2.04. The molecule has 3 heterocycles. The van der Waals surface area contributed by atoms with Gasteiger partial charge in [-0.05, 0) is 0 Å². The quantitative estimate of drug-likeness (QED) is 0.717. The third-order valence-electron chi connectivity index (χ3n) is 2.12. The van der Waals surface area contributed by atoms with Crippen molar-refractivity contribution in [1.29, 1.82) is 0 Å². The molecule has 2 aromatic rings. The van der Waals surface area contributed by atoms with Crippen LogP contribution < -0.4 is 0 Å². The third-order valence-corrected chi connectivity index (χ3v) is 3.06. The molecule has 0 spiro atoms. The van der Waals surface area contributed by atoms with Crippen LogP contribution in [0.15, 0.2) is 30.1 Å². The van der Waals surface area contributed by atoms with Crippen LogP contribution in [-0.4, -0.2) is 31.2 Å². The molecule has 74 valence electrons. The fourth-order valence-electron chi connectivity index (χ4n) is 1.41. The molecule has 0 saturated heterocycles. The van der Waals surface area contributed by atoms with Crippen LogP contribution in [0, 0.1) is 0 Å². The largest absolute Gasteiger partial charge is 0.273 e. The van der Waals surface area contributed by atoms with Gasteiger partial charge in [0.05, 0.1) is 11.4 Å². The molecule has 0 unspecified atom stereocenters. The Kier molecular flexibility index (Phi) is 1.81. The summed E-state index contributed by atoms with van der Waals surface area (Å²) in [6, 6.07) is 0. The summed E-state index contributed by atoms with van der Waals surface area (Å²) in [4.78, 5) is 23.5. The number of carbonyl (C=O) groups excluding carboxylic acids is 1. The molecule has 0 radical (unpaired) electrons. The molecule has 0 saturated carbocycles. The van der Waals surface area contributed by atoms with E-state index in [9.17, 15) is 4.79 Å². The average Bonchev–Trinajstić information content (AvgIpc) is 2.83. The summed E-state index contributed by atoms with van der Waals surface area (Å²) in [6.45, 7) is 0. The Bertz CT molecular complexity index is 522. The SMILES string of the molecule is O=C1CSc2nc(-c3cncnc3)cn21. The van der Waals surface area contributed by atoms with Crippen molar-refractivity contribution >= 4 is 17.7 Å². The molecule has 2 aromatic heterocycles.